The van der Waals surface area contributed by atoms with Gasteiger partial charge in [0.1, 0.15) is 0 Å². The fraction of sp³-hybridized carbons (Fsp3) is 0.750. The zero-order valence-electron chi connectivity index (χ0n) is 10.9. The number of nitrogens with two attached hydrogens (primary N) is 1. The lowest BCUT2D eigenvalue weighted by atomic mass is 9.87. The molecule has 1 rings (SSSR count). The third kappa shape index (κ3) is 3.61. The van der Waals surface area contributed by atoms with Crippen molar-refractivity contribution in [2.75, 3.05) is 20.1 Å². The lowest BCUT2D eigenvalue weighted by Crippen LogP contribution is -2.38. The van der Waals surface area contributed by atoms with E-state index in [1.54, 1.807) is 0 Å². The van der Waals surface area contributed by atoms with Gasteiger partial charge in [-0.05, 0) is 25.4 Å². The van der Waals surface area contributed by atoms with E-state index < -0.39 is 0 Å². The maximum Gasteiger partial charge on any atom is 0.0534 e. The molecule has 16 heavy (non-hydrogen) atoms. The highest BCUT2D eigenvalue weighted by molar-refractivity contribution is 5.03. The van der Waals surface area contributed by atoms with E-state index in [1.165, 1.54) is 5.56 Å². The lowest BCUT2D eigenvalue weighted by molar-refractivity contribution is 0.186. The van der Waals surface area contributed by atoms with Gasteiger partial charge in [-0.3, -0.25) is 4.68 Å². The summed E-state index contributed by atoms with van der Waals surface area (Å²) in [6.07, 6.45) is 5.09. The van der Waals surface area contributed by atoms with Gasteiger partial charge in [-0.2, -0.15) is 5.10 Å². The smallest absolute Gasteiger partial charge is 0.0534 e. The average Bonchev–Trinajstić information content (AvgIpc) is 2.63. The summed E-state index contributed by atoms with van der Waals surface area (Å²) in [5.74, 6) is 0. The molecule has 1 atom stereocenters. The highest BCUT2D eigenvalue weighted by Gasteiger charge is 2.22. The molecule has 0 bridgehead atoms. The van der Waals surface area contributed by atoms with Crippen molar-refractivity contribution in [1.82, 2.24) is 14.7 Å². The van der Waals surface area contributed by atoms with Gasteiger partial charge in [0, 0.05) is 31.9 Å². The fourth-order valence-electron chi connectivity index (χ4n) is 1.89. The van der Waals surface area contributed by atoms with E-state index in [2.05, 4.69) is 37.1 Å². The largest absolute Gasteiger partial charge is 0.330 e. The van der Waals surface area contributed by atoms with Gasteiger partial charge >= 0.3 is 0 Å². The second kappa shape index (κ2) is 5.46. The molecule has 1 aromatic heterocycles. The van der Waals surface area contributed by atoms with Crippen LogP contribution in [0.3, 0.4) is 0 Å². The van der Waals surface area contributed by atoms with Crippen LogP contribution in [0.2, 0.25) is 0 Å². The maximum absolute atomic E-state index is 5.82. The second-order valence-corrected chi connectivity index (χ2v) is 5.06. The number of hydrogen-bond donors (Lipinski definition) is 1. The molecule has 0 aromatic carbocycles. The Morgan fingerprint density at radius 2 is 2.25 bits per heavy atom. The zero-order chi connectivity index (χ0) is 12.2. The fourth-order valence-corrected chi connectivity index (χ4v) is 1.89. The molecule has 0 fully saturated rings. The summed E-state index contributed by atoms with van der Waals surface area (Å²) in [4.78, 5) is 2.31. The van der Waals surface area contributed by atoms with Gasteiger partial charge < -0.3 is 10.6 Å². The van der Waals surface area contributed by atoms with Crippen molar-refractivity contribution in [2.24, 2.45) is 18.2 Å². The number of rotatable bonds is 6. The molecule has 2 N–H and O–H groups in total. The van der Waals surface area contributed by atoms with E-state index in [4.69, 9.17) is 5.73 Å². The maximum atomic E-state index is 5.82. The van der Waals surface area contributed by atoms with Crippen LogP contribution in [0.25, 0.3) is 0 Å². The van der Waals surface area contributed by atoms with Crippen LogP contribution < -0.4 is 5.73 Å². The summed E-state index contributed by atoms with van der Waals surface area (Å²) < 4.78 is 1.84. The Morgan fingerprint density at radius 1 is 1.56 bits per heavy atom. The first kappa shape index (κ1) is 13.2. The number of nitrogens with zero attached hydrogens (tertiary/aromatic N) is 3. The third-order valence-corrected chi connectivity index (χ3v) is 3.21. The van der Waals surface area contributed by atoms with Crippen LogP contribution in [0, 0.1) is 5.41 Å². The Balaban J connectivity index is 2.50. The molecule has 0 saturated heterocycles. The summed E-state index contributed by atoms with van der Waals surface area (Å²) in [5, 5.41) is 4.17. The predicted octanol–water partition coefficient (Wildman–Crippen LogP) is 1.23. The van der Waals surface area contributed by atoms with E-state index in [0.717, 1.165) is 26.1 Å². The van der Waals surface area contributed by atoms with Gasteiger partial charge in [0.15, 0.2) is 0 Å². The summed E-state index contributed by atoms with van der Waals surface area (Å²) in [6.45, 7) is 7.14. The number of aryl methyl sites for hydroxylation is 1. The van der Waals surface area contributed by atoms with Crippen molar-refractivity contribution >= 4 is 0 Å². The van der Waals surface area contributed by atoms with Gasteiger partial charge in [0.25, 0.3) is 0 Å². The monoisotopic (exact) mass is 224 g/mol. The molecule has 4 nitrogen and oxygen atoms in total. The first-order valence-corrected chi connectivity index (χ1v) is 5.85. The molecule has 1 unspecified atom stereocenters. The van der Waals surface area contributed by atoms with Crippen molar-refractivity contribution < 1.29 is 0 Å². The Morgan fingerprint density at radius 3 is 2.69 bits per heavy atom. The van der Waals surface area contributed by atoms with Gasteiger partial charge in [-0.1, -0.05) is 13.8 Å². The predicted molar refractivity (Wildman–Crippen MR) is 67.0 cm³/mol. The van der Waals surface area contributed by atoms with Gasteiger partial charge in [0.05, 0.1) is 6.20 Å². The van der Waals surface area contributed by atoms with Crippen LogP contribution in [0.5, 0.6) is 0 Å². The highest BCUT2D eigenvalue weighted by Crippen LogP contribution is 2.20. The van der Waals surface area contributed by atoms with E-state index >= 15 is 0 Å². The molecule has 0 aliphatic carbocycles. The molecule has 0 spiro atoms. The molecule has 0 radical (unpaired) electrons. The quantitative estimate of drug-likeness (QED) is 0.790. The second-order valence-electron chi connectivity index (χ2n) is 5.06. The third-order valence-electron chi connectivity index (χ3n) is 3.21. The number of hydrogen-bond acceptors (Lipinski definition) is 3. The summed E-state index contributed by atoms with van der Waals surface area (Å²) >= 11 is 0. The van der Waals surface area contributed by atoms with Crippen LogP contribution >= 0.6 is 0 Å². The van der Waals surface area contributed by atoms with Crippen LogP contribution in [0.15, 0.2) is 12.4 Å². The molecule has 4 heteroatoms. The molecular formula is C12H24N4. The standard InChI is InChI=1S/C12H24N4/c1-5-12(2,9-13)10-15(3)7-11-6-14-16(4)8-11/h6,8H,5,7,9-10,13H2,1-4H3. The van der Waals surface area contributed by atoms with Gasteiger partial charge in [-0.25, -0.2) is 0 Å². The van der Waals surface area contributed by atoms with Crippen molar-refractivity contribution in [3.8, 4) is 0 Å². The van der Waals surface area contributed by atoms with E-state index in [9.17, 15) is 0 Å². The van der Waals surface area contributed by atoms with E-state index in [0.29, 0.717) is 0 Å². The molecule has 0 saturated carbocycles. The minimum absolute atomic E-state index is 0.219. The normalized spacial score (nSPS) is 15.4. The molecule has 92 valence electrons. The molecule has 1 aromatic rings. The molecule has 0 aliphatic heterocycles. The molecular weight excluding hydrogens is 200 g/mol. The summed E-state index contributed by atoms with van der Waals surface area (Å²) in [7, 11) is 4.08. The average molecular weight is 224 g/mol. The van der Waals surface area contributed by atoms with Gasteiger partial charge in [-0.15, -0.1) is 0 Å². The van der Waals surface area contributed by atoms with E-state index in [-0.39, 0.29) is 5.41 Å². The van der Waals surface area contributed by atoms with Crippen LogP contribution in [-0.4, -0.2) is 34.8 Å². The summed E-state index contributed by atoms with van der Waals surface area (Å²) in [5.41, 5.74) is 7.29. The minimum atomic E-state index is 0.219. The van der Waals surface area contributed by atoms with Crippen molar-refractivity contribution in [3.05, 3.63) is 18.0 Å². The van der Waals surface area contributed by atoms with Crippen molar-refractivity contribution in [3.63, 3.8) is 0 Å². The molecule has 0 aliphatic rings. The van der Waals surface area contributed by atoms with Crippen LogP contribution in [0.4, 0.5) is 0 Å². The van der Waals surface area contributed by atoms with Gasteiger partial charge in [0.2, 0.25) is 0 Å². The van der Waals surface area contributed by atoms with Crippen molar-refractivity contribution in [2.45, 2.75) is 26.8 Å². The Hall–Kier alpha value is -0.870. The van der Waals surface area contributed by atoms with Crippen molar-refractivity contribution in [1.29, 1.82) is 0 Å². The molecule has 0 amide bonds. The minimum Gasteiger partial charge on any atom is -0.330 e. The Kier molecular flexibility index (Phi) is 4.50. The first-order chi connectivity index (χ1) is 7.49. The Bertz CT molecular complexity index is 315. The van der Waals surface area contributed by atoms with Crippen LogP contribution in [-0.2, 0) is 13.6 Å². The number of aromatic nitrogens is 2. The first-order valence-electron chi connectivity index (χ1n) is 5.85. The summed E-state index contributed by atoms with van der Waals surface area (Å²) in [6, 6.07) is 0. The van der Waals surface area contributed by atoms with Crippen LogP contribution in [0.1, 0.15) is 25.8 Å². The van der Waals surface area contributed by atoms with E-state index in [1.807, 2.05) is 17.9 Å². The zero-order valence-corrected chi connectivity index (χ0v) is 10.9. The molecule has 1 heterocycles. The Labute approximate surface area is 98.4 Å². The SMILES string of the molecule is CCC(C)(CN)CN(C)Cc1cnn(C)c1. The lowest BCUT2D eigenvalue weighted by Gasteiger charge is -2.31. The highest BCUT2D eigenvalue weighted by atomic mass is 15.2. The topological polar surface area (TPSA) is 47.1 Å².